The first-order valence-electron chi connectivity index (χ1n) is 9.19. The monoisotopic (exact) mass is 397 g/mol. The van der Waals surface area contributed by atoms with Crippen molar-refractivity contribution in [3.63, 3.8) is 0 Å². The summed E-state index contributed by atoms with van der Waals surface area (Å²) < 4.78 is 0. The molecule has 0 spiro atoms. The molecule has 2 heterocycles. The van der Waals surface area contributed by atoms with E-state index in [4.69, 9.17) is 4.98 Å². The van der Waals surface area contributed by atoms with Gasteiger partial charge in [0.25, 0.3) is 0 Å². The van der Waals surface area contributed by atoms with Crippen LogP contribution in [-0.4, -0.2) is 15.9 Å². The number of aromatic nitrogens is 2. The topological polar surface area (TPSA) is 54.9 Å². The number of rotatable bonds is 5. The van der Waals surface area contributed by atoms with Crippen molar-refractivity contribution in [2.45, 2.75) is 6.92 Å². The molecule has 0 aliphatic carbocycles. The van der Waals surface area contributed by atoms with Gasteiger partial charge in [0, 0.05) is 40.7 Å². The number of nitrogens with zero attached hydrogens (tertiary/aromatic N) is 2. The van der Waals surface area contributed by atoms with Gasteiger partial charge in [0.1, 0.15) is 5.01 Å². The molecule has 0 fully saturated rings. The number of carbonyl (C=O) groups excluding carboxylic acids is 1. The van der Waals surface area contributed by atoms with E-state index in [9.17, 15) is 4.79 Å². The highest BCUT2D eigenvalue weighted by Gasteiger charge is 2.08. The van der Waals surface area contributed by atoms with Crippen LogP contribution in [-0.2, 0) is 4.79 Å². The molecule has 1 N–H and O–H groups in total. The van der Waals surface area contributed by atoms with E-state index in [1.165, 1.54) is 5.56 Å². The van der Waals surface area contributed by atoms with E-state index in [0.717, 1.165) is 33.1 Å². The Morgan fingerprint density at radius 3 is 2.66 bits per heavy atom. The number of aryl methyl sites for hydroxylation is 1. The average molecular weight is 398 g/mol. The summed E-state index contributed by atoms with van der Waals surface area (Å²) in [5.74, 6) is -0.169. The number of amides is 1. The summed E-state index contributed by atoms with van der Waals surface area (Å²) in [6, 6.07) is 19.6. The van der Waals surface area contributed by atoms with Crippen molar-refractivity contribution in [3.05, 3.63) is 95.6 Å². The molecule has 4 nitrogen and oxygen atoms in total. The summed E-state index contributed by atoms with van der Waals surface area (Å²) >= 11 is 1.57. The molecule has 0 aliphatic rings. The van der Waals surface area contributed by atoms with Gasteiger partial charge in [-0.25, -0.2) is 4.98 Å². The van der Waals surface area contributed by atoms with Crippen LogP contribution in [0.1, 0.15) is 11.1 Å². The van der Waals surface area contributed by atoms with Crippen molar-refractivity contribution >= 4 is 29.0 Å². The van der Waals surface area contributed by atoms with Crippen LogP contribution in [0.5, 0.6) is 0 Å². The van der Waals surface area contributed by atoms with Crippen molar-refractivity contribution in [1.29, 1.82) is 0 Å². The lowest BCUT2D eigenvalue weighted by Gasteiger charge is -2.04. The van der Waals surface area contributed by atoms with Gasteiger partial charge in [0.15, 0.2) is 0 Å². The van der Waals surface area contributed by atoms with Crippen molar-refractivity contribution in [3.8, 4) is 21.8 Å². The van der Waals surface area contributed by atoms with E-state index in [1.54, 1.807) is 35.9 Å². The van der Waals surface area contributed by atoms with Crippen LogP contribution in [0.3, 0.4) is 0 Å². The van der Waals surface area contributed by atoms with Gasteiger partial charge >= 0.3 is 0 Å². The van der Waals surface area contributed by atoms with Gasteiger partial charge in [-0.3, -0.25) is 9.78 Å². The zero-order valence-electron chi connectivity index (χ0n) is 15.9. The van der Waals surface area contributed by atoms with Gasteiger partial charge in [0.05, 0.1) is 5.69 Å². The standard InChI is InChI=1S/C24H19N3OS/c1-17-7-9-18(10-8-17)11-12-23(28)26-21-6-2-4-19(14-21)22-16-29-24(27-22)20-5-3-13-25-15-20/h2-16H,1H3,(H,26,28)/b12-11+. The quantitative estimate of drug-likeness (QED) is 0.431. The lowest BCUT2D eigenvalue weighted by atomic mass is 10.1. The van der Waals surface area contributed by atoms with Crippen molar-refractivity contribution in [1.82, 2.24) is 9.97 Å². The third-order valence-corrected chi connectivity index (χ3v) is 5.23. The summed E-state index contributed by atoms with van der Waals surface area (Å²) in [4.78, 5) is 21.1. The third kappa shape index (κ3) is 4.83. The van der Waals surface area contributed by atoms with Crippen LogP contribution < -0.4 is 5.32 Å². The van der Waals surface area contributed by atoms with E-state index in [2.05, 4.69) is 10.3 Å². The van der Waals surface area contributed by atoms with Crippen LogP contribution >= 0.6 is 11.3 Å². The third-order valence-electron chi connectivity index (χ3n) is 4.34. The van der Waals surface area contributed by atoms with Crippen LogP contribution in [0.15, 0.2) is 84.5 Å². The van der Waals surface area contributed by atoms with E-state index >= 15 is 0 Å². The van der Waals surface area contributed by atoms with Gasteiger partial charge in [-0.2, -0.15) is 0 Å². The summed E-state index contributed by atoms with van der Waals surface area (Å²) in [6.45, 7) is 2.04. The number of carbonyl (C=O) groups is 1. The Morgan fingerprint density at radius 2 is 1.86 bits per heavy atom. The normalized spacial score (nSPS) is 10.9. The van der Waals surface area contributed by atoms with Gasteiger partial charge in [0.2, 0.25) is 5.91 Å². The molecular formula is C24H19N3OS. The van der Waals surface area contributed by atoms with E-state index < -0.39 is 0 Å². The highest BCUT2D eigenvalue weighted by molar-refractivity contribution is 7.13. The first kappa shape index (κ1) is 18.8. The molecule has 2 aromatic carbocycles. The van der Waals surface area contributed by atoms with Crippen molar-refractivity contribution < 1.29 is 4.79 Å². The van der Waals surface area contributed by atoms with Crippen LogP contribution in [0, 0.1) is 6.92 Å². The molecule has 29 heavy (non-hydrogen) atoms. The van der Waals surface area contributed by atoms with Crippen LogP contribution in [0.4, 0.5) is 5.69 Å². The fourth-order valence-electron chi connectivity index (χ4n) is 2.82. The fourth-order valence-corrected chi connectivity index (χ4v) is 3.64. The minimum atomic E-state index is -0.169. The second kappa shape index (κ2) is 8.63. The highest BCUT2D eigenvalue weighted by atomic mass is 32.1. The zero-order valence-corrected chi connectivity index (χ0v) is 16.7. The molecule has 4 rings (SSSR count). The maximum Gasteiger partial charge on any atom is 0.248 e. The zero-order chi connectivity index (χ0) is 20.1. The summed E-state index contributed by atoms with van der Waals surface area (Å²) in [5, 5.41) is 5.85. The molecule has 5 heteroatoms. The molecule has 0 saturated carbocycles. The van der Waals surface area contributed by atoms with Crippen LogP contribution in [0.25, 0.3) is 27.9 Å². The second-order valence-corrected chi connectivity index (χ2v) is 7.45. The molecule has 0 atom stereocenters. The number of benzene rings is 2. The van der Waals surface area contributed by atoms with Crippen molar-refractivity contribution in [2.24, 2.45) is 0 Å². The minimum absolute atomic E-state index is 0.169. The lowest BCUT2D eigenvalue weighted by molar-refractivity contribution is -0.111. The van der Waals surface area contributed by atoms with Gasteiger partial charge in [-0.15, -0.1) is 11.3 Å². The van der Waals surface area contributed by atoms with Gasteiger partial charge < -0.3 is 5.32 Å². The first-order valence-corrected chi connectivity index (χ1v) is 10.1. The molecule has 0 radical (unpaired) electrons. The molecule has 1 amide bonds. The molecule has 4 aromatic rings. The predicted molar refractivity (Wildman–Crippen MR) is 120 cm³/mol. The molecule has 0 unspecified atom stereocenters. The molecule has 0 aliphatic heterocycles. The predicted octanol–water partition coefficient (Wildman–Crippen LogP) is 5.83. The Kier molecular flexibility index (Phi) is 5.59. The molecule has 0 bridgehead atoms. The van der Waals surface area contributed by atoms with E-state index in [0.29, 0.717) is 0 Å². The van der Waals surface area contributed by atoms with E-state index in [1.807, 2.05) is 73.0 Å². The molecule has 2 aromatic heterocycles. The summed E-state index contributed by atoms with van der Waals surface area (Å²) in [7, 11) is 0. The number of pyridine rings is 1. The highest BCUT2D eigenvalue weighted by Crippen LogP contribution is 2.29. The number of anilines is 1. The second-order valence-electron chi connectivity index (χ2n) is 6.59. The molecular weight excluding hydrogens is 378 g/mol. The average Bonchev–Trinajstić information content (AvgIpc) is 3.25. The Labute approximate surface area is 173 Å². The Hall–Kier alpha value is -3.57. The van der Waals surface area contributed by atoms with Crippen molar-refractivity contribution in [2.75, 3.05) is 5.32 Å². The summed E-state index contributed by atoms with van der Waals surface area (Å²) in [5.41, 5.74) is 5.74. The maximum atomic E-state index is 12.3. The van der Waals surface area contributed by atoms with E-state index in [-0.39, 0.29) is 5.91 Å². The number of thiazole rings is 1. The molecule has 142 valence electrons. The number of nitrogens with one attached hydrogen (secondary N) is 1. The maximum absolute atomic E-state index is 12.3. The fraction of sp³-hybridized carbons (Fsp3) is 0.0417. The Balaban J connectivity index is 1.47. The lowest BCUT2D eigenvalue weighted by Crippen LogP contribution is -2.07. The Morgan fingerprint density at radius 1 is 1.03 bits per heavy atom. The Bertz CT molecular complexity index is 1150. The van der Waals surface area contributed by atoms with Crippen LogP contribution in [0.2, 0.25) is 0 Å². The summed E-state index contributed by atoms with van der Waals surface area (Å²) in [6.07, 6.45) is 6.90. The number of hydrogen-bond acceptors (Lipinski definition) is 4. The SMILES string of the molecule is Cc1ccc(/C=C/C(=O)Nc2cccc(-c3csc(-c4cccnc4)n3)c2)cc1. The largest absolute Gasteiger partial charge is 0.322 e. The van der Waals surface area contributed by atoms with Gasteiger partial charge in [-0.05, 0) is 42.8 Å². The number of hydrogen-bond donors (Lipinski definition) is 1. The van der Waals surface area contributed by atoms with Gasteiger partial charge in [-0.1, -0.05) is 42.0 Å². The minimum Gasteiger partial charge on any atom is -0.322 e. The first-order chi connectivity index (χ1) is 14.2. The smallest absolute Gasteiger partial charge is 0.248 e. The molecule has 0 saturated heterocycles.